The highest BCUT2D eigenvalue weighted by Crippen LogP contribution is 2.25. The molecule has 0 saturated carbocycles. The van der Waals surface area contributed by atoms with Crippen LogP contribution in [0.15, 0.2) is 0 Å². The van der Waals surface area contributed by atoms with Crippen LogP contribution in [0.25, 0.3) is 0 Å². The van der Waals surface area contributed by atoms with Crippen LogP contribution in [-0.4, -0.2) is 48.1 Å². The lowest BCUT2D eigenvalue weighted by molar-refractivity contribution is 0.120. The van der Waals surface area contributed by atoms with Gasteiger partial charge in [-0.15, -0.1) is 0 Å². The monoisotopic (exact) mass is 256 g/mol. The van der Waals surface area contributed by atoms with Crippen molar-refractivity contribution in [3.8, 4) is 0 Å². The van der Waals surface area contributed by atoms with Crippen LogP contribution in [0.1, 0.15) is 39.5 Å². The Morgan fingerprint density at radius 3 is 2.59 bits per heavy atom. The van der Waals surface area contributed by atoms with Crippen LogP contribution in [0, 0.1) is 5.92 Å². The molecule has 2 heterocycles. The maximum Gasteiger partial charge on any atom is 0.0189 e. The van der Waals surface area contributed by atoms with Crippen LogP contribution in [0.2, 0.25) is 0 Å². The third kappa shape index (κ3) is 4.15. The molecular weight excluding hydrogens is 228 g/mol. The SMILES string of the molecule is CC(C)N(CC1CCNCC1)C1CCCSC1. The molecule has 1 unspecified atom stereocenters. The van der Waals surface area contributed by atoms with E-state index in [1.54, 1.807) is 0 Å². The highest BCUT2D eigenvalue weighted by atomic mass is 32.2. The molecule has 2 rings (SSSR count). The minimum absolute atomic E-state index is 0.716. The molecule has 2 nitrogen and oxygen atoms in total. The first-order valence-corrected chi connectivity index (χ1v) is 8.47. The van der Waals surface area contributed by atoms with Crippen LogP contribution in [0.5, 0.6) is 0 Å². The van der Waals surface area contributed by atoms with Gasteiger partial charge < -0.3 is 5.32 Å². The summed E-state index contributed by atoms with van der Waals surface area (Å²) >= 11 is 2.16. The van der Waals surface area contributed by atoms with Crippen LogP contribution < -0.4 is 5.32 Å². The molecule has 17 heavy (non-hydrogen) atoms. The van der Waals surface area contributed by atoms with Crippen LogP contribution in [0.3, 0.4) is 0 Å². The highest BCUT2D eigenvalue weighted by molar-refractivity contribution is 7.99. The number of thioether (sulfide) groups is 1. The van der Waals surface area contributed by atoms with E-state index >= 15 is 0 Å². The molecular formula is C14H28N2S. The molecule has 0 spiro atoms. The molecule has 100 valence electrons. The van der Waals surface area contributed by atoms with E-state index in [0.29, 0.717) is 6.04 Å². The Bertz CT molecular complexity index is 208. The molecule has 2 aliphatic heterocycles. The molecule has 1 atom stereocenters. The zero-order valence-corrected chi connectivity index (χ0v) is 12.3. The summed E-state index contributed by atoms with van der Waals surface area (Å²) in [5.74, 6) is 3.68. The average Bonchev–Trinajstić information content (AvgIpc) is 2.38. The van der Waals surface area contributed by atoms with E-state index in [4.69, 9.17) is 0 Å². The van der Waals surface area contributed by atoms with E-state index in [-0.39, 0.29) is 0 Å². The quantitative estimate of drug-likeness (QED) is 0.832. The van der Waals surface area contributed by atoms with Gasteiger partial charge in [-0.25, -0.2) is 0 Å². The van der Waals surface area contributed by atoms with Gasteiger partial charge in [0.05, 0.1) is 0 Å². The average molecular weight is 256 g/mol. The van der Waals surface area contributed by atoms with Crippen molar-refractivity contribution in [1.82, 2.24) is 10.2 Å². The van der Waals surface area contributed by atoms with Crippen molar-refractivity contribution in [2.45, 2.75) is 51.6 Å². The summed E-state index contributed by atoms with van der Waals surface area (Å²) in [7, 11) is 0. The number of nitrogens with zero attached hydrogens (tertiary/aromatic N) is 1. The fraction of sp³-hybridized carbons (Fsp3) is 1.00. The molecule has 0 aliphatic carbocycles. The Kier molecular flexibility index (Phi) is 5.64. The Hall–Kier alpha value is 0.270. The molecule has 0 aromatic heterocycles. The summed E-state index contributed by atoms with van der Waals surface area (Å²) < 4.78 is 0. The minimum atomic E-state index is 0.716. The Balaban J connectivity index is 1.86. The van der Waals surface area contributed by atoms with Crippen LogP contribution >= 0.6 is 11.8 Å². The number of piperidine rings is 1. The van der Waals surface area contributed by atoms with E-state index < -0.39 is 0 Å². The van der Waals surface area contributed by atoms with Gasteiger partial charge in [-0.1, -0.05) is 0 Å². The first-order valence-electron chi connectivity index (χ1n) is 7.31. The van der Waals surface area contributed by atoms with Crippen molar-refractivity contribution < 1.29 is 0 Å². The van der Waals surface area contributed by atoms with Crippen molar-refractivity contribution in [1.29, 1.82) is 0 Å². The predicted molar refractivity (Wildman–Crippen MR) is 77.8 cm³/mol. The van der Waals surface area contributed by atoms with E-state index in [2.05, 4.69) is 35.8 Å². The molecule has 1 N–H and O–H groups in total. The van der Waals surface area contributed by atoms with Crippen LogP contribution in [-0.2, 0) is 0 Å². The third-order valence-corrected chi connectivity index (χ3v) is 5.39. The molecule has 2 saturated heterocycles. The molecule has 0 aromatic carbocycles. The topological polar surface area (TPSA) is 15.3 Å². The zero-order valence-electron chi connectivity index (χ0n) is 11.5. The van der Waals surface area contributed by atoms with E-state index in [1.165, 1.54) is 56.8 Å². The van der Waals surface area contributed by atoms with Crippen LogP contribution in [0.4, 0.5) is 0 Å². The number of hydrogen-bond acceptors (Lipinski definition) is 3. The van der Waals surface area contributed by atoms with Crippen molar-refractivity contribution in [3.05, 3.63) is 0 Å². The second kappa shape index (κ2) is 7.01. The number of rotatable bonds is 4. The molecule has 2 aliphatic rings. The van der Waals surface area contributed by atoms with Crippen molar-refractivity contribution in [3.63, 3.8) is 0 Å². The van der Waals surface area contributed by atoms with Gasteiger partial charge in [0.2, 0.25) is 0 Å². The molecule has 2 fully saturated rings. The lowest BCUT2D eigenvalue weighted by atomic mass is 9.95. The second-order valence-electron chi connectivity index (χ2n) is 5.85. The first-order chi connectivity index (χ1) is 8.27. The fourth-order valence-corrected chi connectivity index (χ4v) is 4.30. The molecule has 0 radical (unpaired) electrons. The fourth-order valence-electron chi connectivity index (χ4n) is 3.13. The zero-order chi connectivity index (χ0) is 12.1. The second-order valence-corrected chi connectivity index (χ2v) is 7.00. The van der Waals surface area contributed by atoms with Gasteiger partial charge in [0.25, 0.3) is 0 Å². The molecule has 0 aromatic rings. The number of hydrogen-bond donors (Lipinski definition) is 1. The highest BCUT2D eigenvalue weighted by Gasteiger charge is 2.26. The summed E-state index contributed by atoms with van der Waals surface area (Å²) in [5.41, 5.74) is 0. The maximum atomic E-state index is 3.47. The van der Waals surface area contributed by atoms with Gasteiger partial charge in [-0.2, -0.15) is 11.8 Å². The van der Waals surface area contributed by atoms with Gasteiger partial charge in [0.15, 0.2) is 0 Å². The summed E-state index contributed by atoms with van der Waals surface area (Å²) in [4.78, 5) is 2.79. The molecule has 0 amide bonds. The maximum absolute atomic E-state index is 3.47. The van der Waals surface area contributed by atoms with E-state index in [0.717, 1.165) is 12.0 Å². The van der Waals surface area contributed by atoms with Gasteiger partial charge in [0.1, 0.15) is 0 Å². The Labute approximate surface area is 111 Å². The Morgan fingerprint density at radius 1 is 1.24 bits per heavy atom. The largest absolute Gasteiger partial charge is 0.317 e. The van der Waals surface area contributed by atoms with E-state index in [1.807, 2.05) is 0 Å². The van der Waals surface area contributed by atoms with Crippen molar-refractivity contribution in [2.24, 2.45) is 5.92 Å². The standard InChI is InChI=1S/C14H28N2S/c1-12(2)16(14-4-3-9-17-11-14)10-13-5-7-15-8-6-13/h12-15H,3-11H2,1-2H3. The summed E-state index contributed by atoms with van der Waals surface area (Å²) in [5, 5.41) is 3.47. The van der Waals surface area contributed by atoms with E-state index in [9.17, 15) is 0 Å². The predicted octanol–water partition coefficient (Wildman–Crippen LogP) is 2.59. The van der Waals surface area contributed by atoms with Crippen molar-refractivity contribution in [2.75, 3.05) is 31.1 Å². The molecule has 0 bridgehead atoms. The lowest BCUT2D eigenvalue weighted by Crippen LogP contribution is -2.47. The van der Waals surface area contributed by atoms with Crippen molar-refractivity contribution >= 4 is 11.8 Å². The minimum Gasteiger partial charge on any atom is -0.317 e. The summed E-state index contributed by atoms with van der Waals surface area (Å²) in [6.07, 6.45) is 5.60. The normalized spacial score (nSPS) is 27.9. The summed E-state index contributed by atoms with van der Waals surface area (Å²) in [6.45, 7) is 8.55. The lowest BCUT2D eigenvalue weighted by Gasteiger charge is -2.40. The first kappa shape index (κ1) is 13.7. The van der Waals surface area contributed by atoms with Gasteiger partial charge in [-0.05, 0) is 64.3 Å². The smallest absolute Gasteiger partial charge is 0.0189 e. The summed E-state index contributed by atoms with van der Waals surface area (Å²) in [6, 6.07) is 1.57. The van der Waals surface area contributed by atoms with Gasteiger partial charge >= 0.3 is 0 Å². The molecule has 3 heteroatoms. The third-order valence-electron chi connectivity index (χ3n) is 4.20. The number of nitrogens with one attached hydrogen (secondary N) is 1. The Morgan fingerprint density at radius 2 is 2.00 bits per heavy atom. The van der Waals surface area contributed by atoms with Gasteiger partial charge in [0, 0.05) is 24.4 Å². The van der Waals surface area contributed by atoms with Gasteiger partial charge in [-0.3, -0.25) is 4.90 Å².